The lowest BCUT2D eigenvalue weighted by molar-refractivity contribution is 0.265. The van der Waals surface area contributed by atoms with Crippen molar-refractivity contribution < 1.29 is 13.9 Å². The fourth-order valence-electron chi connectivity index (χ4n) is 3.45. The van der Waals surface area contributed by atoms with Crippen LogP contribution in [0.1, 0.15) is 24.5 Å². The van der Waals surface area contributed by atoms with Crippen LogP contribution in [0.15, 0.2) is 71.9 Å². The second-order valence-electron chi connectivity index (χ2n) is 7.79. The second kappa shape index (κ2) is 13.2. The number of rotatable bonds is 13. The molecule has 0 bridgehead atoms. The number of ether oxygens (including phenoxy) is 2. The molecule has 0 saturated carbocycles. The van der Waals surface area contributed by atoms with Gasteiger partial charge in [-0.2, -0.15) is 4.68 Å². The third kappa shape index (κ3) is 6.96. The zero-order chi connectivity index (χ0) is 25.2. The van der Waals surface area contributed by atoms with Crippen molar-refractivity contribution in [1.82, 2.24) is 25.5 Å². The van der Waals surface area contributed by atoms with Crippen molar-refractivity contribution in [3.05, 3.63) is 88.7 Å². The van der Waals surface area contributed by atoms with E-state index in [0.717, 1.165) is 35.1 Å². The summed E-state index contributed by atoms with van der Waals surface area (Å²) in [5.74, 6) is 1.62. The van der Waals surface area contributed by atoms with Gasteiger partial charge in [-0.15, -0.1) is 5.10 Å². The van der Waals surface area contributed by atoms with Gasteiger partial charge in [-0.25, -0.2) is 4.39 Å². The van der Waals surface area contributed by atoms with Crippen molar-refractivity contribution in [2.75, 3.05) is 18.9 Å². The molecule has 0 fully saturated rings. The van der Waals surface area contributed by atoms with Gasteiger partial charge in [0.2, 0.25) is 5.16 Å². The lowest BCUT2D eigenvalue weighted by atomic mass is 10.2. The highest BCUT2D eigenvalue weighted by atomic mass is 35.5. The number of nitrogens with one attached hydrogen (secondary N) is 1. The highest BCUT2D eigenvalue weighted by Gasteiger charge is 2.13. The zero-order valence-corrected chi connectivity index (χ0v) is 21.4. The average molecular weight is 528 g/mol. The summed E-state index contributed by atoms with van der Waals surface area (Å²) in [6.45, 7) is 3.85. The molecule has 0 aliphatic heterocycles. The van der Waals surface area contributed by atoms with Gasteiger partial charge in [0.05, 0.1) is 12.3 Å². The molecule has 1 aromatic heterocycles. The molecule has 0 aliphatic carbocycles. The minimum absolute atomic E-state index is 0.0892. The van der Waals surface area contributed by atoms with Crippen molar-refractivity contribution in [2.24, 2.45) is 0 Å². The molecule has 36 heavy (non-hydrogen) atoms. The summed E-state index contributed by atoms with van der Waals surface area (Å²) >= 11 is 8.13. The molecule has 0 amide bonds. The van der Waals surface area contributed by atoms with Gasteiger partial charge < -0.3 is 14.8 Å². The van der Waals surface area contributed by atoms with Crippen LogP contribution in [0.25, 0.3) is 5.69 Å². The maximum absolute atomic E-state index is 13.9. The first-order chi connectivity index (χ1) is 17.7. The Labute approximate surface area is 219 Å². The Kier molecular flexibility index (Phi) is 9.54. The number of nitrogens with zero attached hydrogens (tertiary/aromatic N) is 4. The first-order valence-corrected chi connectivity index (χ1v) is 13.0. The van der Waals surface area contributed by atoms with Crippen molar-refractivity contribution in [1.29, 1.82) is 0 Å². The van der Waals surface area contributed by atoms with Crippen molar-refractivity contribution >= 4 is 23.4 Å². The third-order valence-electron chi connectivity index (χ3n) is 5.24. The normalized spacial score (nSPS) is 11.0. The lowest BCUT2D eigenvalue weighted by Gasteiger charge is -2.15. The molecule has 3 aromatic carbocycles. The first kappa shape index (κ1) is 25.9. The summed E-state index contributed by atoms with van der Waals surface area (Å²) in [4.78, 5) is 0. The number of thioether (sulfide) groups is 1. The number of benzene rings is 3. The van der Waals surface area contributed by atoms with E-state index in [-0.39, 0.29) is 12.4 Å². The molecule has 1 N–H and O–H groups in total. The van der Waals surface area contributed by atoms with Crippen LogP contribution < -0.4 is 14.8 Å². The van der Waals surface area contributed by atoms with E-state index in [1.54, 1.807) is 40.7 Å². The van der Waals surface area contributed by atoms with E-state index in [1.165, 1.54) is 6.07 Å². The van der Waals surface area contributed by atoms with E-state index in [0.29, 0.717) is 35.2 Å². The van der Waals surface area contributed by atoms with Crippen LogP contribution in [0.5, 0.6) is 11.5 Å². The van der Waals surface area contributed by atoms with E-state index in [1.807, 2.05) is 43.3 Å². The molecule has 4 aromatic rings. The minimum Gasteiger partial charge on any atom is -0.490 e. The summed E-state index contributed by atoms with van der Waals surface area (Å²) in [5.41, 5.74) is 2.31. The van der Waals surface area contributed by atoms with E-state index in [9.17, 15) is 4.39 Å². The van der Waals surface area contributed by atoms with Gasteiger partial charge in [-0.3, -0.25) is 0 Å². The van der Waals surface area contributed by atoms with Crippen LogP contribution in [0, 0.1) is 5.82 Å². The van der Waals surface area contributed by atoms with E-state index in [4.69, 9.17) is 21.1 Å². The smallest absolute Gasteiger partial charge is 0.214 e. The quantitative estimate of drug-likeness (QED) is 0.176. The van der Waals surface area contributed by atoms with Crippen molar-refractivity contribution in [2.45, 2.75) is 31.7 Å². The Morgan fingerprint density at radius 3 is 2.58 bits per heavy atom. The van der Waals surface area contributed by atoms with Crippen molar-refractivity contribution in [3.63, 3.8) is 0 Å². The Hall–Kier alpha value is -3.14. The molecular weight excluding hydrogens is 501 g/mol. The third-order valence-corrected chi connectivity index (χ3v) is 6.60. The highest BCUT2D eigenvalue weighted by molar-refractivity contribution is 7.99. The minimum atomic E-state index is -0.308. The molecule has 1 heterocycles. The number of tetrazole rings is 1. The van der Waals surface area contributed by atoms with E-state index >= 15 is 0 Å². The summed E-state index contributed by atoms with van der Waals surface area (Å²) in [5, 5.41) is 16.7. The number of hydrogen-bond acceptors (Lipinski definition) is 7. The molecule has 0 unspecified atom stereocenters. The summed E-state index contributed by atoms with van der Waals surface area (Å²) in [7, 11) is 0. The molecule has 0 atom stereocenters. The molecule has 0 aliphatic rings. The number of para-hydroxylation sites is 1. The molecule has 0 radical (unpaired) electrons. The predicted molar refractivity (Wildman–Crippen MR) is 140 cm³/mol. The summed E-state index contributed by atoms with van der Waals surface area (Å²) in [6.07, 6.45) is 0.923. The number of hydrogen-bond donors (Lipinski definition) is 1. The Morgan fingerprint density at radius 2 is 1.78 bits per heavy atom. The van der Waals surface area contributed by atoms with Crippen LogP contribution in [0.2, 0.25) is 5.02 Å². The van der Waals surface area contributed by atoms with Gasteiger partial charge >= 0.3 is 0 Å². The summed E-state index contributed by atoms with van der Waals surface area (Å²) < 4.78 is 27.3. The van der Waals surface area contributed by atoms with Crippen LogP contribution in [0.4, 0.5) is 4.39 Å². The molecule has 7 nitrogen and oxygen atoms in total. The molecule has 188 valence electrons. The monoisotopic (exact) mass is 527 g/mol. The Bertz CT molecular complexity index is 1260. The Balaban J connectivity index is 1.27. The van der Waals surface area contributed by atoms with Gasteiger partial charge in [-0.1, -0.05) is 59.8 Å². The van der Waals surface area contributed by atoms with Gasteiger partial charge in [0, 0.05) is 29.0 Å². The molecule has 0 spiro atoms. The molecule has 4 rings (SSSR count). The van der Waals surface area contributed by atoms with Crippen LogP contribution in [-0.2, 0) is 13.2 Å². The van der Waals surface area contributed by atoms with E-state index in [2.05, 4.69) is 20.8 Å². The van der Waals surface area contributed by atoms with Gasteiger partial charge in [0.1, 0.15) is 12.4 Å². The molecule has 0 saturated heterocycles. The van der Waals surface area contributed by atoms with Crippen LogP contribution >= 0.6 is 23.4 Å². The average Bonchev–Trinajstić information content (AvgIpc) is 3.37. The first-order valence-electron chi connectivity index (χ1n) is 11.6. The van der Waals surface area contributed by atoms with Gasteiger partial charge in [0.25, 0.3) is 0 Å². The SMILES string of the molecule is CCOc1cc(CNCCCSc2nnnn2-c2ccccc2)c(Cl)cc1OCc1ccccc1F. The topological polar surface area (TPSA) is 74.1 Å². The van der Waals surface area contributed by atoms with Crippen LogP contribution in [-0.4, -0.2) is 39.1 Å². The molecular formula is C26H27ClFN5O2S. The number of halogens is 2. The maximum atomic E-state index is 13.9. The zero-order valence-electron chi connectivity index (χ0n) is 19.9. The van der Waals surface area contributed by atoms with Crippen LogP contribution in [0.3, 0.4) is 0 Å². The fraction of sp³-hybridized carbons (Fsp3) is 0.269. The lowest BCUT2D eigenvalue weighted by Crippen LogP contribution is -2.16. The maximum Gasteiger partial charge on any atom is 0.214 e. The standard InChI is InChI=1S/C26H27ClFN5O2S/c1-2-34-24-15-20(22(27)16-25(24)35-18-19-9-6-7-12-23(19)28)17-29-13-8-14-36-26-30-31-32-33(26)21-10-4-3-5-11-21/h3-7,9-12,15-16,29H,2,8,13-14,17-18H2,1H3. The fourth-order valence-corrected chi connectivity index (χ4v) is 4.50. The number of aromatic nitrogens is 4. The second-order valence-corrected chi connectivity index (χ2v) is 9.26. The molecule has 10 heteroatoms. The van der Waals surface area contributed by atoms with E-state index < -0.39 is 0 Å². The van der Waals surface area contributed by atoms with Gasteiger partial charge in [0.15, 0.2) is 11.5 Å². The Morgan fingerprint density at radius 1 is 1.00 bits per heavy atom. The largest absolute Gasteiger partial charge is 0.490 e. The van der Waals surface area contributed by atoms with Crippen molar-refractivity contribution in [3.8, 4) is 17.2 Å². The van der Waals surface area contributed by atoms with Gasteiger partial charge in [-0.05, 0) is 60.1 Å². The highest BCUT2D eigenvalue weighted by Crippen LogP contribution is 2.34. The predicted octanol–water partition coefficient (Wildman–Crippen LogP) is 5.70. The summed E-state index contributed by atoms with van der Waals surface area (Å²) in [6, 6.07) is 19.9.